The molecular formula is C24H22N6. The van der Waals surface area contributed by atoms with E-state index in [9.17, 15) is 0 Å². The molecule has 0 amide bonds. The maximum Gasteiger partial charge on any atom is 0.178 e. The number of nitrogens with one attached hydrogen (secondary N) is 1. The average Bonchev–Trinajstić information content (AvgIpc) is 3.11. The Morgan fingerprint density at radius 2 is 1.67 bits per heavy atom. The highest BCUT2D eigenvalue weighted by molar-refractivity contribution is 5.81. The second kappa shape index (κ2) is 7.48. The number of allylic oxidation sites excluding steroid dienone is 4. The minimum absolute atomic E-state index is 0.0304. The van der Waals surface area contributed by atoms with E-state index in [1.54, 1.807) is 12.4 Å². The van der Waals surface area contributed by atoms with Crippen LogP contribution in [0, 0.1) is 0 Å². The molecule has 0 aliphatic carbocycles. The number of benzene rings is 1. The lowest BCUT2D eigenvalue weighted by Crippen LogP contribution is -2.38. The number of aromatic nitrogens is 3. The zero-order valence-corrected chi connectivity index (χ0v) is 16.9. The van der Waals surface area contributed by atoms with Gasteiger partial charge < -0.3 is 15.1 Å². The van der Waals surface area contributed by atoms with E-state index in [0.717, 1.165) is 39.9 Å². The second-order valence-corrected chi connectivity index (χ2v) is 7.22. The van der Waals surface area contributed by atoms with Crippen molar-refractivity contribution in [3.8, 4) is 0 Å². The van der Waals surface area contributed by atoms with Crippen molar-refractivity contribution in [1.29, 1.82) is 0 Å². The largest absolute Gasteiger partial charge is 0.360 e. The first-order valence-corrected chi connectivity index (χ1v) is 9.94. The van der Waals surface area contributed by atoms with Crippen molar-refractivity contribution in [1.82, 2.24) is 20.3 Å². The van der Waals surface area contributed by atoms with Crippen molar-refractivity contribution in [2.45, 2.75) is 20.0 Å². The molecular weight excluding hydrogens is 372 g/mol. The summed E-state index contributed by atoms with van der Waals surface area (Å²) in [7, 11) is 0. The highest BCUT2D eigenvalue weighted by Gasteiger charge is 2.37. The zero-order valence-electron chi connectivity index (χ0n) is 16.9. The smallest absolute Gasteiger partial charge is 0.178 e. The molecule has 30 heavy (non-hydrogen) atoms. The van der Waals surface area contributed by atoms with E-state index < -0.39 is 0 Å². The van der Waals surface area contributed by atoms with Gasteiger partial charge in [0.2, 0.25) is 0 Å². The van der Waals surface area contributed by atoms with E-state index >= 15 is 0 Å². The quantitative estimate of drug-likeness (QED) is 0.700. The van der Waals surface area contributed by atoms with Crippen LogP contribution >= 0.6 is 0 Å². The monoisotopic (exact) mass is 394 g/mol. The molecule has 6 nitrogen and oxygen atoms in total. The Morgan fingerprint density at radius 1 is 0.933 bits per heavy atom. The fraction of sp³-hybridized carbons (Fsp3) is 0.125. The van der Waals surface area contributed by atoms with Gasteiger partial charge in [0.15, 0.2) is 11.6 Å². The first-order chi connectivity index (χ1) is 14.7. The number of dihydropyridines is 1. The molecule has 0 unspecified atom stereocenters. The van der Waals surface area contributed by atoms with Crippen LogP contribution in [0.4, 0.5) is 17.3 Å². The van der Waals surface area contributed by atoms with Crippen LogP contribution in [0.2, 0.25) is 0 Å². The summed E-state index contributed by atoms with van der Waals surface area (Å²) in [5.41, 5.74) is 5.48. The molecule has 0 saturated carbocycles. The van der Waals surface area contributed by atoms with Crippen molar-refractivity contribution in [2.75, 3.05) is 9.80 Å². The highest BCUT2D eigenvalue weighted by Crippen LogP contribution is 2.43. The maximum atomic E-state index is 4.67. The van der Waals surface area contributed by atoms with Gasteiger partial charge in [-0.1, -0.05) is 18.2 Å². The second-order valence-electron chi connectivity index (χ2n) is 7.22. The van der Waals surface area contributed by atoms with Crippen LogP contribution in [0.25, 0.3) is 5.57 Å². The lowest BCUT2D eigenvalue weighted by atomic mass is 10.0. The average molecular weight is 394 g/mol. The maximum absolute atomic E-state index is 4.67. The minimum Gasteiger partial charge on any atom is -0.360 e. The van der Waals surface area contributed by atoms with Gasteiger partial charge in [-0.05, 0) is 61.4 Å². The molecule has 0 saturated heterocycles. The lowest BCUT2D eigenvalue weighted by molar-refractivity contribution is 0.719. The van der Waals surface area contributed by atoms with Crippen molar-refractivity contribution in [3.63, 3.8) is 0 Å². The fourth-order valence-electron chi connectivity index (χ4n) is 4.03. The van der Waals surface area contributed by atoms with E-state index in [4.69, 9.17) is 0 Å². The van der Waals surface area contributed by atoms with E-state index in [0.29, 0.717) is 0 Å². The Bertz CT molecular complexity index is 1150. The number of pyridine rings is 1. The summed E-state index contributed by atoms with van der Waals surface area (Å²) in [6, 6.07) is 14.4. The molecule has 1 N–H and O–H groups in total. The third-order valence-corrected chi connectivity index (χ3v) is 5.46. The molecule has 2 aromatic heterocycles. The first kappa shape index (κ1) is 18.1. The minimum atomic E-state index is 0.0304. The van der Waals surface area contributed by atoms with Gasteiger partial charge in [0, 0.05) is 42.4 Å². The molecule has 1 aromatic carbocycles. The van der Waals surface area contributed by atoms with Gasteiger partial charge in [-0.2, -0.15) is 0 Å². The molecule has 0 radical (unpaired) electrons. The van der Waals surface area contributed by atoms with E-state index in [-0.39, 0.29) is 6.17 Å². The summed E-state index contributed by atoms with van der Waals surface area (Å²) in [6.45, 7) is 4.29. The van der Waals surface area contributed by atoms with E-state index in [1.165, 1.54) is 0 Å². The molecule has 0 bridgehead atoms. The SMILES string of the molecule is C/C(=C1\C=C(c2ccncc2)C=CN1)N1c2nccnc2N(c2ccccc2)[C@@H]1C. The van der Waals surface area contributed by atoms with Crippen LogP contribution < -0.4 is 15.1 Å². The molecule has 148 valence electrons. The molecule has 2 aliphatic heterocycles. The van der Waals surface area contributed by atoms with Gasteiger partial charge in [0.05, 0.1) is 5.70 Å². The Hall–Kier alpha value is -3.93. The normalized spacial score (nSPS) is 19.3. The fourth-order valence-corrected chi connectivity index (χ4v) is 4.03. The number of fused-ring (bicyclic) bond motifs is 1. The Morgan fingerprint density at radius 3 is 2.43 bits per heavy atom. The highest BCUT2D eigenvalue weighted by atomic mass is 15.5. The number of hydrogen-bond acceptors (Lipinski definition) is 6. The molecule has 3 aromatic rings. The van der Waals surface area contributed by atoms with Crippen molar-refractivity contribution in [2.24, 2.45) is 0 Å². The number of para-hydroxylation sites is 1. The molecule has 4 heterocycles. The Kier molecular flexibility index (Phi) is 4.52. The van der Waals surface area contributed by atoms with Gasteiger partial charge in [-0.15, -0.1) is 0 Å². The predicted molar refractivity (Wildman–Crippen MR) is 120 cm³/mol. The van der Waals surface area contributed by atoms with E-state index in [2.05, 4.69) is 68.2 Å². The third-order valence-electron chi connectivity index (χ3n) is 5.46. The Labute approximate surface area is 175 Å². The number of anilines is 3. The first-order valence-electron chi connectivity index (χ1n) is 9.94. The van der Waals surface area contributed by atoms with Crippen LogP contribution in [0.3, 0.4) is 0 Å². The summed E-state index contributed by atoms with van der Waals surface area (Å²) in [6.07, 6.45) is 13.4. The van der Waals surface area contributed by atoms with Gasteiger partial charge >= 0.3 is 0 Å². The van der Waals surface area contributed by atoms with Crippen LogP contribution in [-0.2, 0) is 0 Å². The van der Waals surface area contributed by atoms with Crippen LogP contribution in [0.1, 0.15) is 19.4 Å². The summed E-state index contributed by atoms with van der Waals surface area (Å²) in [5.74, 6) is 1.72. The topological polar surface area (TPSA) is 57.2 Å². The molecule has 0 spiro atoms. The number of nitrogens with zero attached hydrogens (tertiary/aromatic N) is 5. The van der Waals surface area contributed by atoms with Crippen LogP contribution in [0.5, 0.6) is 0 Å². The van der Waals surface area contributed by atoms with E-state index in [1.807, 2.05) is 48.9 Å². The summed E-state index contributed by atoms with van der Waals surface area (Å²) in [4.78, 5) is 17.9. The summed E-state index contributed by atoms with van der Waals surface area (Å²) < 4.78 is 0. The van der Waals surface area contributed by atoms with Crippen molar-refractivity contribution < 1.29 is 0 Å². The number of rotatable bonds is 3. The summed E-state index contributed by atoms with van der Waals surface area (Å²) >= 11 is 0. The van der Waals surface area contributed by atoms with Crippen LogP contribution in [-0.4, -0.2) is 21.1 Å². The standard InChI is InChI=1S/C24H22N6/c1-17(22-16-20(10-13-26-22)19-8-11-25-12-9-19)29-18(2)30(21-6-4-3-5-7-21)24-23(29)27-14-15-28-24/h3-16,18,26H,1-2H3/b22-17-/t18-/m1/s1. The molecule has 5 rings (SSSR count). The molecule has 2 aliphatic rings. The van der Waals surface area contributed by atoms with Crippen molar-refractivity contribution >= 4 is 22.9 Å². The number of hydrogen-bond donors (Lipinski definition) is 1. The van der Waals surface area contributed by atoms with Gasteiger partial charge in [-0.25, -0.2) is 9.97 Å². The Balaban J connectivity index is 1.58. The predicted octanol–water partition coefficient (Wildman–Crippen LogP) is 4.61. The van der Waals surface area contributed by atoms with Crippen LogP contribution in [0.15, 0.2) is 97.0 Å². The van der Waals surface area contributed by atoms with Gasteiger partial charge in [0.25, 0.3) is 0 Å². The van der Waals surface area contributed by atoms with Gasteiger partial charge in [0.1, 0.15) is 6.17 Å². The molecule has 1 atom stereocenters. The third kappa shape index (κ3) is 3.03. The van der Waals surface area contributed by atoms with Gasteiger partial charge in [-0.3, -0.25) is 4.98 Å². The molecule has 6 heteroatoms. The van der Waals surface area contributed by atoms with Crippen molar-refractivity contribution in [3.05, 3.63) is 103 Å². The molecule has 0 fully saturated rings. The lowest BCUT2D eigenvalue weighted by Gasteiger charge is -2.31. The zero-order chi connectivity index (χ0) is 20.5. The summed E-state index contributed by atoms with van der Waals surface area (Å²) in [5, 5.41) is 3.40.